The Kier molecular flexibility index (Phi) is 6.26. The zero-order chi connectivity index (χ0) is 15.9. The van der Waals surface area contributed by atoms with Crippen LogP contribution in [0.1, 0.15) is 37.9 Å². The van der Waals surface area contributed by atoms with Gasteiger partial charge in [0.05, 0.1) is 5.69 Å². The maximum atomic E-state index is 12.5. The first-order valence-corrected chi connectivity index (χ1v) is 7.63. The Morgan fingerprint density at radius 1 is 1.50 bits per heavy atom. The summed E-state index contributed by atoms with van der Waals surface area (Å²) < 4.78 is 25.8. The molecule has 3 N–H and O–H groups in total. The number of halogens is 2. The molecule has 124 valence electrons. The van der Waals surface area contributed by atoms with Gasteiger partial charge in [-0.1, -0.05) is 6.42 Å². The largest absolute Gasteiger partial charge is 0.354 e. The van der Waals surface area contributed by atoms with E-state index < -0.39 is 6.55 Å². The molecule has 6 nitrogen and oxygen atoms in total. The summed E-state index contributed by atoms with van der Waals surface area (Å²) in [5.41, 5.74) is 5.98. The van der Waals surface area contributed by atoms with Crippen molar-refractivity contribution in [2.45, 2.75) is 44.8 Å². The molecule has 1 aliphatic heterocycles. The van der Waals surface area contributed by atoms with Gasteiger partial charge in [0.15, 0.2) is 0 Å². The lowest BCUT2D eigenvalue weighted by Gasteiger charge is -2.35. The number of nitrogens with one attached hydrogen (secondary N) is 1. The van der Waals surface area contributed by atoms with E-state index in [9.17, 15) is 13.6 Å². The molecule has 0 bridgehead atoms. The molecule has 1 fully saturated rings. The van der Waals surface area contributed by atoms with Crippen LogP contribution in [-0.4, -0.2) is 46.3 Å². The molecule has 1 amide bonds. The highest BCUT2D eigenvalue weighted by Crippen LogP contribution is 2.19. The topological polar surface area (TPSA) is 76.2 Å². The van der Waals surface area contributed by atoms with Crippen LogP contribution in [0.3, 0.4) is 0 Å². The lowest BCUT2D eigenvalue weighted by atomic mass is 10.0. The highest BCUT2D eigenvalue weighted by molar-refractivity contribution is 5.76. The Labute approximate surface area is 128 Å². The molecule has 0 radical (unpaired) electrons. The van der Waals surface area contributed by atoms with Gasteiger partial charge in [-0.05, 0) is 25.5 Å². The first-order chi connectivity index (χ1) is 10.6. The van der Waals surface area contributed by atoms with Gasteiger partial charge in [0.25, 0.3) is 0 Å². The number of rotatable bonds is 7. The summed E-state index contributed by atoms with van der Waals surface area (Å²) in [7, 11) is 0. The Hall–Kier alpha value is -1.54. The van der Waals surface area contributed by atoms with Gasteiger partial charge in [-0.25, -0.2) is 4.68 Å². The minimum Gasteiger partial charge on any atom is -0.354 e. The molecule has 1 aromatic rings. The van der Waals surface area contributed by atoms with E-state index in [4.69, 9.17) is 5.73 Å². The second-order valence-electron chi connectivity index (χ2n) is 5.53. The Balaban J connectivity index is 1.89. The van der Waals surface area contributed by atoms with Gasteiger partial charge in [-0.2, -0.15) is 13.9 Å². The maximum Gasteiger partial charge on any atom is 0.333 e. The van der Waals surface area contributed by atoms with Crippen LogP contribution >= 0.6 is 0 Å². The van der Waals surface area contributed by atoms with Gasteiger partial charge in [0, 0.05) is 38.3 Å². The summed E-state index contributed by atoms with van der Waals surface area (Å²) in [6.07, 6.45) is 4.79. The highest BCUT2D eigenvalue weighted by atomic mass is 19.3. The van der Waals surface area contributed by atoms with Crippen molar-refractivity contribution in [3.05, 3.63) is 18.0 Å². The zero-order valence-corrected chi connectivity index (χ0v) is 12.5. The average molecular weight is 315 g/mol. The van der Waals surface area contributed by atoms with Gasteiger partial charge in [-0.15, -0.1) is 0 Å². The summed E-state index contributed by atoms with van der Waals surface area (Å²) in [6.45, 7) is -0.295. The minimum absolute atomic E-state index is 0.0463. The lowest BCUT2D eigenvalue weighted by Crippen LogP contribution is -2.46. The summed E-state index contributed by atoms with van der Waals surface area (Å²) >= 11 is 0. The van der Waals surface area contributed by atoms with Crippen molar-refractivity contribution < 1.29 is 13.6 Å². The number of nitrogens with two attached hydrogens (primary N) is 1. The van der Waals surface area contributed by atoms with Gasteiger partial charge in [0.1, 0.15) is 0 Å². The molecule has 0 aliphatic carbocycles. The summed E-state index contributed by atoms with van der Waals surface area (Å²) in [4.78, 5) is 13.7. The second-order valence-corrected chi connectivity index (χ2v) is 5.53. The van der Waals surface area contributed by atoms with E-state index in [1.54, 1.807) is 6.07 Å². The predicted molar refractivity (Wildman–Crippen MR) is 78.2 cm³/mol. The molecule has 0 spiro atoms. The summed E-state index contributed by atoms with van der Waals surface area (Å²) in [6, 6.07) is 1.83. The van der Waals surface area contributed by atoms with Crippen LogP contribution in [0, 0.1) is 0 Å². The average Bonchev–Trinajstić information content (AvgIpc) is 2.95. The third kappa shape index (κ3) is 4.74. The molecule has 2 rings (SSSR count). The van der Waals surface area contributed by atoms with E-state index >= 15 is 0 Å². The molecule has 2 heterocycles. The monoisotopic (exact) mass is 315 g/mol. The Morgan fingerprint density at radius 2 is 2.32 bits per heavy atom. The van der Waals surface area contributed by atoms with Crippen LogP contribution in [0.15, 0.2) is 12.3 Å². The van der Waals surface area contributed by atoms with Crippen molar-refractivity contribution in [1.82, 2.24) is 20.0 Å². The highest BCUT2D eigenvalue weighted by Gasteiger charge is 2.23. The zero-order valence-electron chi connectivity index (χ0n) is 12.5. The van der Waals surface area contributed by atoms with Crippen LogP contribution in [0.2, 0.25) is 0 Å². The fourth-order valence-corrected chi connectivity index (χ4v) is 2.73. The van der Waals surface area contributed by atoms with Gasteiger partial charge in [0.2, 0.25) is 5.91 Å². The quantitative estimate of drug-likeness (QED) is 0.790. The molecule has 1 aliphatic rings. The lowest BCUT2D eigenvalue weighted by molar-refractivity contribution is -0.121. The van der Waals surface area contributed by atoms with Gasteiger partial charge in [-0.3, -0.25) is 9.69 Å². The number of carbonyl (C=O) groups excluding carboxylic acids is 1. The summed E-state index contributed by atoms with van der Waals surface area (Å²) in [5.74, 6) is -0.0463. The molecule has 1 saturated heterocycles. The van der Waals surface area contributed by atoms with Crippen LogP contribution in [0.25, 0.3) is 0 Å². The van der Waals surface area contributed by atoms with Crippen molar-refractivity contribution in [2.24, 2.45) is 5.73 Å². The van der Waals surface area contributed by atoms with Crippen LogP contribution < -0.4 is 11.1 Å². The SMILES string of the molecule is NCCC(=O)NCC1CCCCN1Cc1ccn(C(F)F)n1. The van der Waals surface area contributed by atoms with E-state index in [0.29, 0.717) is 36.4 Å². The minimum atomic E-state index is -2.61. The molecule has 22 heavy (non-hydrogen) atoms. The maximum absolute atomic E-state index is 12.5. The number of aromatic nitrogens is 2. The molecule has 0 saturated carbocycles. The molecule has 0 aromatic carbocycles. The number of alkyl halides is 2. The van der Waals surface area contributed by atoms with Gasteiger partial charge >= 0.3 is 6.55 Å². The fraction of sp³-hybridized carbons (Fsp3) is 0.714. The number of piperidine rings is 1. The number of amides is 1. The first-order valence-electron chi connectivity index (χ1n) is 7.63. The smallest absolute Gasteiger partial charge is 0.333 e. The van der Waals surface area contributed by atoms with Crippen LogP contribution in [0.5, 0.6) is 0 Å². The van der Waals surface area contributed by atoms with Crippen molar-refractivity contribution in [1.29, 1.82) is 0 Å². The molecule has 1 unspecified atom stereocenters. The number of hydrogen-bond acceptors (Lipinski definition) is 4. The van der Waals surface area contributed by atoms with E-state index in [0.717, 1.165) is 25.8 Å². The Bertz CT molecular complexity index is 480. The second kappa shape index (κ2) is 8.19. The first kappa shape index (κ1) is 16.8. The van der Waals surface area contributed by atoms with E-state index in [-0.39, 0.29) is 11.9 Å². The van der Waals surface area contributed by atoms with E-state index in [1.807, 2.05) is 0 Å². The number of carbonyl (C=O) groups is 1. The van der Waals surface area contributed by atoms with Crippen molar-refractivity contribution >= 4 is 5.91 Å². The van der Waals surface area contributed by atoms with Crippen molar-refractivity contribution in [3.63, 3.8) is 0 Å². The van der Waals surface area contributed by atoms with E-state index in [1.165, 1.54) is 6.20 Å². The molecule has 1 aromatic heterocycles. The molecule has 8 heteroatoms. The molecular formula is C14H23F2N5O. The van der Waals surface area contributed by atoms with E-state index in [2.05, 4.69) is 15.3 Å². The predicted octanol–water partition coefficient (Wildman–Crippen LogP) is 1.10. The third-order valence-corrected chi connectivity index (χ3v) is 3.88. The molecular weight excluding hydrogens is 292 g/mol. The number of hydrogen-bond donors (Lipinski definition) is 2. The fourth-order valence-electron chi connectivity index (χ4n) is 2.73. The van der Waals surface area contributed by atoms with Crippen LogP contribution in [-0.2, 0) is 11.3 Å². The third-order valence-electron chi connectivity index (χ3n) is 3.88. The number of nitrogens with zero attached hydrogens (tertiary/aromatic N) is 3. The summed E-state index contributed by atoms with van der Waals surface area (Å²) in [5, 5.41) is 6.77. The Morgan fingerprint density at radius 3 is 3.00 bits per heavy atom. The standard InChI is InChI=1S/C14H23F2N5O/c15-14(16)21-8-5-11(19-21)10-20-7-2-1-3-12(20)9-18-13(22)4-6-17/h5,8,12,14H,1-4,6-7,9-10,17H2,(H,18,22). The van der Waals surface area contributed by atoms with Crippen molar-refractivity contribution in [2.75, 3.05) is 19.6 Å². The van der Waals surface area contributed by atoms with Crippen LogP contribution in [0.4, 0.5) is 8.78 Å². The number of likely N-dealkylation sites (tertiary alicyclic amines) is 1. The molecule has 1 atom stereocenters. The normalized spacial score (nSPS) is 19.5. The van der Waals surface area contributed by atoms with Gasteiger partial charge < -0.3 is 11.1 Å². The van der Waals surface area contributed by atoms with Crippen molar-refractivity contribution in [3.8, 4) is 0 Å².